The molecule has 0 bridgehead atoms. The molecule has 0 aromatic carbocycles. The molecule has 0 heterocycles. The van der Waals surface area contributed by atoms with Crippen molar-refractivity contribution in [3.8, 4) is 0 Å². The predicted octanol–water partition coefficient (Wildman–Crippen LogP) is 2.34. The van der Waals surface area contributed by atoms with E-state index >= 15 is 0 Å². The van der Waals surface area contributed by atoms with Gasteiger partial charge in [-0.1, -0.05) is 19.3 Å². The van der Waals surface area contributed by atoms with Crippen molar-refractivity contribution in [2.24, 2.45) is 5.92 Å². The molecule has 0 aromatic rings. The van der Waals surface area contributed by atoms with Crippen LogP contribution in [0.1, 0.15) is 39.0 Å². The van der Waals surface area contributed by atoms with Gasteiger partial charge in [0.1, 0.15) is 0 Å². The Morgan fingerprint density at radius 1 is 1.29 bits per heavy atom. The second-order valence-corrected chi connectivity index (χ2v) is 4.00. The van der Waals surface area contributed by atoms with E-state index in [1.54, 1.807) is 0 Å². The van der Waals surface area contributed by atoms with Gasteiger partial charge in [0.2, 0.25) is 0 Å². The van der Waals surface area contributed by atoms with Crippen LogP contribution in [0, 0.1) is 5.92 Å². The number of carbonyl (C=O) groups is 1. The predicted molar refractivity (Wildman–Crippen MR) is 50.2 cm³/mol. The smallest absolute Gasteiger partial charge is 0.315 e. The van der Waals surface area contributed by atoms with Crippen LogP contribution >= 0.6 is 0 Å². The Hall–Kier alpha value is -0.670. The lowest BCUT2D eigenvalue weighted by Crippen LogP contribution is -2.41. The summed E-state index contributed by atoms with van der Waals surface area (Å²) in [5.74, 6) is -0.755. The summed E-state index contributed by atoms with van der Waals surface area (Å²) in [6, 6.07) is -0.114. The van der Waals surface area contributed by atoms with E-state index in [4.69, 9.17) is 0 Å². The fourth-order valence-corrected chi connectivity index (χ4v) is 2.04. The van der Waals surface area contributed by atoms with Gasteiger partial charge in [0, 0.05) is 6.04 Å². The van der Waals surface area contributed by atoms with Gasteiger partial charge in [-0.05, 0) is 25.7 Å². The van der Waals surface area contributed by atoms with Gasteiger partial charge in [0.15, 0.2) is 0 Å². The van der Waals surface area contributed by atoms with E-state index in [0.717, 1.165) is 25.7 Å². The molecule has 0 aromatic heterocycles. The summed E-state index contributed by atoms with van der Waals surface area (Å²) in [5.41, 5.74) is 0. The zero-order valence-corrected chi connectivity index (χ0v) is 8.43. The highest BCUT2D eigenvalue weighted by molar-refractivity contribution is 5.79. The zero-order chi connectivity index (χ0) is 10.6. The van der Waals surface area contributed by atoms with Crippen molar-refractivity contribution in [1.29, 1.82) is 0 Å². The van der Waals surface area contributed by atoms with Crippen molar-refractivity contribution >= 4 is 5.91 Å². The molecule has 0 radical (unpaired) electrons. The lowest BCUT2D eigenvalue weighted by atomic mass is 9.84. The minimum absolute atomic E-state index is 0.114. The molecule has 1 amide bonds. The van der Waals surface area contributed by atoms with Crippen LogP contribution in [-0.4, -0.2) is 18.4 Å². The zero-order valence-electron chi connectivity index (χ0n) is 8.43. The molecular weight excluding hydrogens is 188 g/mol. The van der Waals surface area contributed by atoms with Gasteiger partial charge in [-0.15, -0.1) is 0 Å². The van der Waals surface area contributed by atoms with E-state index in [9.17, 15) is 13.6 Å². The molecule has 14 heavy (non-hydrogen) atoms. The molecule has 1 fully saturated rings. The summed E-state index contributed by atoms with van der Waals surface area (Å²) >= 11 is 0. The lowest BCUT2D eigenvalue weighted by molar-refractivity contribution is -0.132. The van der Waals surface area contributed by atoms with Crippen molar-refractivity contribution in [2.75, 3.05) is 0 Å². The van der Waals surface area contributed by atoms with Gasteiger partial charge in [-0.3, -0.25) is 4.79 Å². The first kappa shape index (κ1) is 11.4. The molecule has 1 N–H and O–H groups in total. The van der Waals surface area contributed by atoms with Crippen LogP contribution in [0.15, 0.2) is 0 Å². The average molecular weight is 205 g/mol. The molecule has 1 saturated carbocycles. The first-order chi connectivity index (χ1) is 6.61. The minimum atomic E-state index is -2.89. The highest BCUT2D eigenvalue weighted by Crippen LogP contribution is 2.26. The molecule has 1 atom stereocenters. The van der Waals surface area contributed by atoms with Crippen LogP contribution in [0.2, 0.25) is 0 Å². The SMILES string of the molecule is C[C@H](NC(=O)C(F)F)C1CCCCC1. The van der Waals surface area contributed by atoms with E-state index in [0.29, 0.717) is 5.92 Å². The van der Waals surface area contributed by atoms with Crippen molar-refractivity contribution in [2.45, 2.75) is 51.5 Å². The summed E-state index contributed by atoms with van der Waals surface area (Å²) in [6.07, 6.45) is 2.74. The van der Waals surface area contributed by atoms with Gasteiger partial charge in [0.25, 0.3) is 5.91 Å². The normalized spacial score (nSPS) is 20.9. The Bertz CT molecular complexity index is 191. The molecule has 4 heteroatoms. The number of amides is 1. The maximum atomic E-state index is 11.9. The molecule has 0 aliphatic heterocycles. The Morgan fingerprint density at radius 2 is 1.86 bits per heavy atom. The first-order valence-corrected chi connectivity index (χ1v) is 5.20. The maximum Gasteiger partial charge on any atom is 0.315 e. The number of nitrogens with one attached hydrogen (secondary N) is 1. The monoisotopic (exact) mass is 205 g/mol. The van der Waals surface area contributed by atoms with E-state index in [2.05, 4.69) is 5.32 Å². The topological polar surface area (TPSA) is 29.1 Å². The van der Waals surface area contributed by atoms with Crippen molar-refractivity contribution < 1.29 is 13.6 Å². The Morgan fingerprint density at radius 3 is 2.36 bits per heavy atom. The summed E-state index contributed by atoms with van der Waals surface area (Å²) in [4.78, 5) is 10.7. The van der Waals surface area contributed by atoms with E-state index < -0.39 is 12.3 Å². The van der Waals surface area contributed by atoms with Crippen LogP contribution in [-0.2, 0) is 4.79 Å². The Labute approximate surface area is 83.1 Å². The second-order valence-electron chi connectivity index (χ2n) is 4.00. The van der Waals surface area contributed by atoms with E-state index in [1.165, 1.54) is 6.42 Å². The molecule has 0 spiro atoms. The quantitative estimate of drug-likeness (QED) is 0.752. The largest absolute Gasteiger partial charge is 0.348 e. The van der Waals surface area contributed by atoms with Crippen LogP contribution in [0.5, 0.6) is 0 Å². The van der Waals surface area contributed by atoms with Crippen LogP contribution in [0.3, 0.4) is 0 Å². The number of hydrogen-bond donors (Lipinski definition) is 1. The molecule has 1 aliphatic carbocycles. The molecule has 0 unspecified atom stereocenters. The third kappa shape index (κ3) is 3.24. The number of halogens is 2. The highest BCUT2D eigenvalue weighted by Gasteiger charge is 2.24. The average Bonchev–Trinajstić information content (AvgIpc) is 2.19. The Kier molecular flexibility index (Phi) is 4.29. The lowest BCUT2D eigenvalue weighted by Gasteiger charge is -2.28. The number of hydrogen-bond acceptors (Lipinski definition) is 1. The van der Waals surface area contributed by atoms with E-state index in [1.807, 2.05) is 6.92 Å². The van der Waals surface area contributed by atoms with Gasteiger partial charge in [-0.2, -0.15) is 8.78 Å². The highest BCUT2D eigenvalue weighted by atomic mass is 19.3. The summed E-state index contributed by atoms with van der Waals surface area (Å²) in [5, 5.41) is 2.36. The fraction of sp³-hybridized carbons (Fsp3) is 0.900. The standard InChI is InChI=1S/C10H17F2NO/c1-7(13-10(14)9(11)12)8-5-3-2-4-6-8/h7-9H,2-6H2,1H3,(H,13,14)/t7-/m0/s1. The molecule has 2 nitrogen and oxygen atoms in total. The fourth-order valence-electron chi connectivity index (χ4n) is 2.04. The first-order valence-electron chi connectivity index (χ1n) is 5.20. The molecule has 1 rings (SSSR count). The molecular formula is C10H17F2NO. The van der Waals surface area contributed by atoms with Crippen LogP contribution in [0.4, 0.5) is 8.78 Å². The van der Waals surface area contributed by atoms with Crippen molar-refractivity contribution in [3.05, 3.63) is 0 Å². The molecule has 0 saturated heterocycles. The summed E-state index contributed by atoms with van der Waals surface area (Å²) in [7, 11) is 0. The number of alkyl halides is 2. The number of carbonyl (C=O) groups excluding carboxylic acids is 1. The minimum Gasteiger partial charge on any atom is -0.348 e. The van der Waals surface area contributed by atoms with E-state index in [-0.39, 0.29) is 6.04 Å². The number of rotatable bonds is 3. The van der Waals surface area contributed by atoms with Crippen molar-refractivity contribution in [3.63, 3.8) is 0 Å². The molecule has 1 aliphatic rings. The van der Waals surface area contributed by atoms with Crippen LogP contribution in [0.25, 0.3) is 0 Å². The van der Waals surface area contributed by atoms with Gasteiger partial charge in [0.05, 0.1) is 0 Å². The third-order valence-corrected chi connectivity index (χ3v) is 2.93. The summed E-state index contributed by atoms with van der Waals surface area (Å²) < 4.78 is 23.9. The maximum absolute atomic E-state index is 11.9. The third-order valence-electron chi connectivity index (χ3n) is 2.93. The van der Waals surface area contributed by atoms with Gasteiger partial charge in [-0.25, -0.2) is 0 Å². The molecule has 82 valence electrons. The van der Waals surface area contributed by atoms with Crippen LogP contribution < -0.4 is 5.32 Å². The van der Waals surface area contributed by atoms with Crippen molar-refractivity contribution in [1.82, 2.24) is 5.32 Å². The van der Waals surface area contributed by atoms with Gasteiger partial charge < -0.3 is 5.32 Å². The summed E-state index contributed by atoms with van der Waals surface area (Å²) in [6.45, 7) is 1.82. The second kappa shape index (κ2) is 5.27. The Balaban J connectivity index is 2.32. The van der Waals surface area contributed by atoms with Gasteiger partial charge >= 0.3 is 6.43 Å².